The smallest absolute Gasteiger partial charge is 0.274 e. The third-order valence-corrected chi connectivity index (χ3v) is 3.04. The number of halogens is 1. The fourth-order valence-electron chi connectivity index (χ4n) is 1.91. The predicted molar refractivity (Wildman–Crippen MR) is 72.5 cm³/mol. The van der Waals surface area contributed by atoms with Gasteiger partial charge in [0.2, 0.25) is 0 Å². The molecule has 0 aliphatic heterocycles. The summed E-state index contributed by atoms with van der Waals surface area (Å²) in [6.45, 7) is 2.15. The van der Waals surface area contributed by atoms with Crippen LogP contribution in [0, 0.1) is 15.9 Å². The number of nitrogens with one attached hydrogen (secondary N) is 1. The van der Waals surface area contributed by atoms with Crippen molar-refractivity contribution in [2.45, 2.75) is 19.5 Å². The molecule has 20 heavy (non-hydrogen) atoms. The molecule has 2 rings (SSSR count). The number of rotatable bonds is 5. The summed E-state index contributed by atoms with van der Waals surface area (Å²) in [5, 5.41) is 14.0. The average Bonchev–Trinajstić information content (AvgIpc) is 2.45. The topological polar surface area (TPSA) is 68.1 Å². The van der Waals surface area contributed by atoms with Crippen molar-refractivity contribution in [3.8, 4) is 0 Å². The standard InChI is InChI=1S/C14H14FN3O2/c1-10(11-4-6-16-7-5-11)17-9-12-8-13(15)2-3-14(12)18(19)20/h2-8,10,17H,9H2,1H3/t10-/m1/s1. The molecule has 0 bridgehead atoms. The van der Waals surface area contributed by atoms with Crippen molar-refractivity contribution in [1.82, 2.24) is 10.3 Å². The number of nitro benzene ring substituents is 1. The van der Waals surface area contributed by atoms with Crippen LogP contribution >= 0.6 is 0 Å². The molecule has 0 unspecified atom stereocenters. The molecule has 1 aromatic heterocycles. The van der Waals surface area contributed by atoms with Crippen molar-refractivity contribution in [1.29, 1.82) is 0 Å². The number of nitro groups is 1. The minimum atomic E-state index is -0.506. The van der Waals surface area contributed by atoms with Gasteiger partial charge in [0.05, 0.1) is 4.92 Å². The second kappa shape index (κ2) is 6.21. The second-order valence-corrected chi connectivity index (χ2v) is 4.41. The predicted octanol–water partition coefficient (Wildman–Crippen LogP) is 2.98. The molecule has 104 valence electrons. The van der Waals surface area contributed by atoms with Gasteiger partial charge in [0.25, 0.3) is 5.69 Å². The van der Waals surface area contributed by atoms with E-state index >= 15 is 0 Å². The zero-order chi connectivity index (χ0) is 14.5. The summed E-state index contributed by atoms with van der Waals surface area (Å²) >= 11 is 0. The summed E-state index contributed by atoms with van der Waals surface area (Å²) < 4.78 is 13.2. The molecule has 0 saturated carbocycles. The molecule has 1 aromatic carbocycles. The first kappa shape index (κ1) is 14.1. The molecule has 1 atom stereocenters. The van der Waals surface area contributed by atoms with Crippen molar-refractivity contribution in [2.75, 3.05) is 0 Å². The van der Waals surface area contributed by atoms with E-state index in [-0.39, 0.29) is 18.3 Å². The van der Waals surface area contributed by atoms with E-state index in [0.29, 0.717) is 5.56 Å². The molecule has 2 aromatic rings. The van der Waals surface area contributed by atoms with Crippen molar-refractivity contribution in [3.05, 3.63) is 69.8 Å². The summed E-state index contributed by atoms with van der Waals surface area (Å²) in [5.74, 6) is -0.482. The highest BCUT2D eigenvalue weighted by molar-refractivity contribution is 5.40. The monoisotopic (exact) mass is 275 g/mol. The molecule has 0 aliphatic rings. The Morgan fingerprint density at radius 2 is 2.05 bits per heavy atom. The average molecular weight is 275 g/mol. The lowest BCUT2D eigenvalue weighted by Gasteiger charge is -2.14. The molecule has 0 spiro atoms. The lowest BCUT2D eigenvalue weighted by Crippen LogP contribution is -2.18. The maximum Gasteiger partial charge on any atom is 0.274 e. The van der Waals surface area contributed by atoms with Gasteiger partial charge < -0.3 is 5.32 Å². The maximum atomic E-state index is 13.2. The first-order valence-corrected chi connectivity index (χ1v) is 6.14. The molecule has 0 radical (unpaired) electrons. The van der Waals surface area contributed by atoms with Gasteiger partial charge in [-0.1, -0.05) is 0 Å². The number of aromatic nitrogens is 1. The Kier molecular flexibility index (Phi) is 4.37. The molecule has 0 fully saturated rings. The van der Waals surface area contributed by atoms with Gasteiger partial charge in [0, 0.05) is 36.6 Å². The zero-order valence-electron chi connectivity index (χ0n) is 10.9. The van der Waals surface area contributed by atoms with Crippen LogP contribution < -0.4 is 5.32 Å². The van der Waals surface area contributed by atoms with Gasteiger partial charge in [-0.3, -0.25) is 15.1 Å². The van der Waals surface area contributed by atoms with Gasteiger partial charge in [-0.05, 0) is 36.8 Å². The maximum absolute atomic E-state index is 13.2. The Bertz CT molecular complexity index is 605. The van der Waals surface area contributed by atoms with E-state index in [9.17, 15) is 14.5 Å². The van der Waals surface area contributed by atoms with E-state index in [1.807, 2.05) is 19.1 Å². The number of hydrogen-bond acceptors (Lipinski definition) is 4. The van der Waals surface area contributed by atoms with Gasteiger partial charge in [-0.2, -0.15) is 0 Å². The van der Waals surface area contributed by atoms with Gasteiger partial charge in [-0.15, -0.1) is 0 Å². The summed E-state index contributed by atoms with van der Waals surface area (Å²) in [6, 6.07) is 7.16. The fraction of sp³-hybridized carbons (Fsp3) is 0.214. The van der Waals surface area contributed by atoms with E-state index in [4.69, 9.17) is 0 Å². The van der Waals surface area contributed by atoms with Gasteiger partial charge in [-0.25, -0.2) is 4.39 Å². The van der Waals surface area contributed by atoms with Crippen LogP contribution in [0.2, 0.25) is 0 Å². The first-order chi connectivity index (χ1) is 9.58. The molecule has 0 saturated heterocycles. The third kappa shape index (κ3) is 3.36. The van der Waals surface area contributed by atoms with Crippen LogP contribution in [0.15, 0.2) is 42.7 Å². The first-order valence-electron chi connectivity index (χ1n) is 6.14. The van der Waals surface area contributed by atoms with Crippen molar-refractivity contribution >= 4 is 5.69 Å². The lowest BCUT2D eigenvalue weighted by atomic mass is 10.1. The van der Waals surface area contributed by atoms with Gasteiger partial charge in [0.15, 0.2) is 0 Å². The van der Waals surface area contributed by atoms with Crippen LogP contribution in [0.25, 0.3) is 0 Å². The summed E-state index contributed by atoms with van der Waals surface area (Å²) in [7, 11) is 0. The lowest BCUT2D eigenvalue weighted by molar-refractivity contribution is -0.385. The van der Waals surface area contributed by atoms with Crippen molar-refractivity contribution in [3.63, 3.8) is 0 Å². The van der Waals surface area contributed by atoms with Gasteiger partial charge >= 0.3 is 0 Å². The molecule has 6 heteroatoms. The highest BCUT2D eigenvalue weighted by atomic mass is 19.1. The number of pyridine rings is 1. The van der Waals surface area contributed by atoms with Crippen LogP contribution in [-0.2, 0) is 6.54 Å². The number of hydrogen-bond donors (Lipinski definition) is 1. The molecular formula is C14H14FN3O2. The van der Waals surface area contributed by atoms with Crippen molar-refractivity contribution < 1.29 is 9.31 Å². The molecule has 1 N–H and O–H groups in total. The number of nitrogens with zero attached hydrogens (tertiary/aromatic N) is 2. The fourth-order valence-corrected chi connectivity index (χ4v) is 1.91. The van der Waals surface area contributed by atoms with Gasteiger partial charge in [0.1, 0.15) is 5.82 Å². The third-order valence-electron chi connectivity index (χ3n) is 3.04. The Labute approximate surface area is 115 Å². The SMILES string of the molecule is C[C@@H](NCc1cc(F)ccc1[N+](=O)[O-])c1ccncc1. The molecule has 5 nitrogen and oxygen atoms in total. The quantitative estimate of drug-likeness (QED) is 0.672. The summed E-state index contributed by atoms with van der Waals surface area (Å²) in [4.78, 5) is 14.3. The largest absolute Gasteiger partial charge is 0.306 e. The van der Waals surface area contributed by atoms with E-state index in [1.165, 1.54) is 12.1 Å². The Hall–Kier alpha value is -2.34. The van der Waals surface area contributed by atoms with Crippen LogP contribution in [0.1, 0.15) is 24.1 Å². The van der Waals surface area contributed by atoms with E-state index in [1.54, 1.807) is 12.4 Å². The normalized spacial score (nSPS) is 12.1. The summed E-state index contributed by atoms with van der Waals surface area (Å²) in [6.07, 6.45) is 3.36. The van der Waals surface area contributed by atoms with E-state index in [0.717, 1.165) is 11.6 Å². The molecular weight excluding hydrogens is 261 g/mol. The van der Waals surface area contributed by atoms with Crippen LogP contribution in [0.4, 0.5) is 10.1 Å². The number of benzene rings is 1. The zero-order valence-corrected chi connectivity index (χ0v) is 10.9. The second-order valence-electron chi connectivity index (χ2n) is 4.41. The van der Waals surface area contributed by atoms with Crippen LogP contribution in [-0.4, -0.2) is 9.91 Å². The minimum Gasteiger partial charge on any atom is -0.306 e. The summed E-state index contributed by atoms with van der Waals surface area (Å²) in [5.41, 5.74) is 1.26. The molecule has 0 aliphatic carbocycles. The van der Waals surface area contributed by atoms with E-state index < -0.39 is 10.7 Å². The molecule has 0 amide bonds. The van der Waals surface area contributed by atoms with Crippen LogP contribution in [0.3, 0.4) is 0 Å². The highest BCUT2D eigenvalue weighted by Crippen LogP contribution is 2.20. The van der Waals surface area contributed by atoms with Crippen molar-refractivity contribution in [2.24, 2.45) is 0 Å². The minimum absolute atomic E-state index is 0.0131. The van der Waals surface area contributed by atoms with E-state index in [2.05, 4.69) is 10.3 Å². The highest BCUT2D eigenvalue weighted by Gasteiger charge is 2.15. The Balaban J connectivity index is 2.11. The Morgan fingerprint density at radius 1 is 1.35 bits per heavy atom. The van der Waals surface area contributed by atoms with Crippen LogP contribution in [0.5, 0.6) is 0 Å². The molecule has 1 heterocycles. The Morgan fingerprint density at radius 3 is 2.70 bits per heavy atom.